The summed E-state index contributed by atoms with van der Waals surface area (Å²) < 4.78 is 5.23. The lowest BCUT2D eigenvalue weighted by Crippen LogP contribution is -2.15. The van der Waals surface area contributed by atoms with Crippen LogP contribution >= 0.6 is 0 Å². The van der Waals surface area contributed by atoms with Crippen molar-refractivity contribution < 1.29 is 9.53 Å². The number of hydrogen-bond donors (Lipinski definition) is 0. The zero-order valence-electron chi connectivity index (χ0n) is 11.5. The van der Waals surface area contributed by atoms with Crippen LogP contribution in [0, 0.1) is 0 Å². The highest BCUT2D eigenvalue weighted by Gasteiger charge is 2.09. The van der Waals surface area contributed by atoms with Crippen LogP contribution in [0.1, 0.15) is 71.6 Å². The van der Waals surface area contributed by atoms with Gasteiger partial charge in [-0.2, -0.15) is 0 Å². The molecule has 0 amide bonds. The molecule has 0 spiro atoms. The van der Waals surface area contributed by atoms with E-state index in [4.69, 9.17) is 4.74 Å². The molecule has 0 saturated heterocycles. The molecule has 0 rings (SSSR count). The van der Waals surface area contributed by atoms with Crippen LogP contribution in [-0.2, 0) is 9.53 Å². The zero-order valence-corrected chi connectivity index (χ0v) is 11.5. The van der Waals surface area contributed by atoms with Gasteiger partial charge in [-0.1, -0.05) is 51.5 Å². The van der Waals surface area contributed by atoms with E-state index in [1.807, 2.05) is 6.08 Å². The second kappa shape index (κ2) is 11.7. The molecule has 2 nitrogen and oxygen atoms in total. The van der Waals surface area contributed by atoms with Gasteiger partial charge in [-0.3, -0.25) is 4.79 Å². The van der Waals surface area contributed by atoms with Crippen LogP contribution in [0.3, 0.4) is 0 Å². The Morgan fingerprint density at radius 3 is 2.29 bits per heavy atom. The standard InChI is InChI=1S/C15H28O2/c1-4-6-7-8-9-10-11-13-15(12-5-2)17-14(3)16/h5,15H,2,4,6-13H2,1,3H3. The van der Waals surface area contributed by atoms with E-state index < -0.39 is 0 Å². The highest BCUT2D eigenvalue weighted by molar-refractivity contribution is 5.66. The molecule has 0 aliphatic rings. The van der Waals surface area contributed by atoms with Gasteiger partial charge in [-0.15, -0.1) is 6.58 Å². The molecule has 100 valence electrons. The van der Waals surface area contributed by atoms with E-state index >= 15 is 0 Å². The smallest absolute Gasteiger partial charge is 0.302 e. The van der Waals surface area contributed by atoms with Crippen molar-refractivity contribution in [2.75, 3.05) is 0 Å². The molecule has 1 atom stereocenters. The Kier molecular flexibility index (Phi) is 11.1. The van der Waals surface area contributed by atoms with Gasteiger partial charge in [0.15, 0.2) is 0 Å². The Balaban J connectivity index is 3.47. The van der Waals surface area contributed by atoms with Crippen molar-refractivity contribution in [3.05, 3.63) is 12.7 Å². The number of carbonyl (C=O) groups excluding carboxylic acids is 1. The van der Waals surface area contributed by atoms with Crippen molar-refractivity contribution in [3.8, 4) is 0 Å². The Labute approximate surface area is 106 Å². The largest absolute Gasteiger partial charge is 0.462 e. The van der Waals surface area contributed by atoms with E-state index in [0.717, 1.165) is 19.3 Å². The summed E-state index contributed by atoms with van der Waals surface area (Å²) >= 11 is 0. The first-order valence-corrected chi connectivity index (χ1v) is 6.98. The van der Waals surface area contributed by atoms with E-state index in [2.05, 4.69) is 13.5 Å². The molecule has 0 saturated carbocycles. The number of carbonyl (C=O) groups is 1. The molecule has 0 aliphatic carbocycles. The Morgan fingerprint density at radius 1 is 1.18 bits per heavy atom. The van der Waals surface area contributed by atoms with Gasteiger partial charge >= 0.3 is 5.97 Å². The van der Waals surface area contributed by atoms with Crippen molar-refractivity contribution in [3.63, 3.8) is 0 Å². The molecule has 0 aromatic heterocycles. The van der Waals surface area contributed by atoms with Crippen molar-refractivity contribution in [2.45, 2.75) is 77.7 Å². The molecule has 0 radical (unpaired) electrons. The Morgan fingerprint density at radius 2 is 1.76 bits per heavy atom. The van der Waals surface area contributed by atoms with Crippen LogP contribution in [0.25, 0.3) is 0 Å². The number of hydrogen-bond acceptors (Lipinski definition) is 2. The first-order chi connectivity index (χ1) is 8.20. The molecule has 17 heavy (non-hydrogen) atoms. The summed E-state index contributed by atoms with van der Waals surface area (Å²) in [5, 5.41) is 0. The van der Waals surface area contributed by atoms with Crippen LogP contribution in [0.4, 0.5) is 0 Å². The van der Waals surface area contributed by atoms with Crippen LogP contribution < -0.4 is 0 Å². The van der Waals surface area contributed by atoms with Crippen molar-refractivity contribution in [1.29, 1.82) is 0 Å². The monoisotopic (exact) mass is 240 g/mol. The minimum Gasteiger partial charge on any atom is -0.462 e. The average Bonchev–Trinajstić information content (AvgIpc) is 2.27. The quantitative estimate of drug-likeness (QED) is 0.299. The molecule has 0 aliphatic heterocycles. The molecule has 0 N–H and O–H groups in total. The summed E-state index contributed by atoms with van der Waals surface area (Å²) in [7, 11) is 0. The van der Waals surface area contributed by atoms with Gasteiger partial charge in [0.25, 0.3) is 0 Å². The fourth-order valence-corrected chi connectivity index (χ4v) is 1.97. The minimum absolute atomic E-state index is 0.0423. The van der Waals surface area contributed by atoms with Crippen molar-refractivity contribution in [2.24, 2.45) is 0 Å². The third kappa shape index (κ3) is 11.5. The van der Waals surface area contributed by atoms with E-state index in [0.29, 0.717) is 0 Å². The molecule has 0 fully saturated rings. The first kappa shape index (κ1) is 16.2. The molecule has 0 aromatic carbocycles. The zero-order chi connectivity index (χ0) is 12.9. The van der Waals surface area contributed by atoms with Gasteiger partial charge in [-0.05, 0) is 12.8 Å². The van der Waals surface area contributed by atoms with Crippen LogP contribution in [0.2, 0.25) is 0 Å². The minimum atomic E-state index is -0.181. The lowest BCUT2D eigenvalue weighted by molar-refractivity contribution is -0.146. The maximum Gasteiger partial charge on any atom is 0.302 e. The fraction of sp³-hybridized carbons (Fsp3) is 0.800. The summed E-state index contributed by atoms with van der Waals surface area (Å²) in [6.45, 7) is 7.40. The van der Waals surface area contributed by atoms with Gasteiger partial charge in [0.05, 0.1) is 0 Å². The highest BCUT2D eigenvalue weighted by atomic mass is 16.5. The third-order valence-corrected chi connectivity index (χ3v) is 2.89. The van der Waals surface area contributed by atoms with Gasteiger partial charge in [0, 0.05) is 13.3 Å². The Bertz CT molecular complexity index is 199. The maximum absolute atomic E-state index is 10.9. The summed E-state index contributed by atoms with van der Waals surface area (Å²) in [6, 6.07) is 0. The number of ether oxygens (including phenoxy) is 1. The van der Waals surface area contributed by atoms with Gasteiger partial charge in [0.1, 0.15) is 6.10 Å². The van der Waals surface area contributed by atoms with E-state index in [-0.39, 0.29) is 12.1 Å². The summed E-state index contributed by atoms with van der Waals surface area (Å²) in [6.07, 6.45) is 12.7. The molecule has 1 unspecified atom stereocenters. The predicted molar refractivity (Wildman–Crippen MR) is 73.0 cm³/mol. The normalized spacial score (nSPS) is 12.1. The summed E-state index contributed by atoms with van der Waals surface area (Å²) in [4.78, 5) is 10.9. The molecule has 2 heteroatoms. The van der Waals surface area contributed by atoms with Crippen LogP contribution in [0.5, 0.6) is 0 Å². The van der Waals surface area contributed by atoms with Crippen molar-refractivity contribution >= 4 is 5.97 Å². The molecular weight excluding hydrogens is 212 g/mol. The van der Waals surface area contributed by atoms with E-state index in [1.54, 1.807) is 0 Å². The second-order valence-electron chi connectivity index (χ2n) is 4.67. The fourth-order valence-electron chi connectivity index (χ4n) is 1.97. The van der Waals surface area contributed by atoms with Gasteiger partial charge < -0.3 is 4.74 Å². The number of unbranched alkanes of at least 4 members (excludes halogenated alkanes) is 6. The molecule has 0 aromatic rings. The lowest BCUT2D eigenvalue weighted by atomic mass is 10.0. The molecule has 0 bridgehead atoms. The second-order valence-corrected chi connectivity index (χ2v) is 4.67. The lowest BCUT2D eigenvalue weighted by Gasteiger charge is -2.14. The van der Waals surface area contributed by atoms with Crippen LogP contribution in [-0.4, -0.2) is 12.1 Å². The third-order valence-electron chi connectivity index (χ3n) is 2.89. The van der Waals surface area contributed by atoms with E-state index in [1.165, 1.54) is 45.4 Å². The predicted octanol–water partition coefficient (Wildman–Crippen LogP) is 4.63. The molecule has 0 heterocycles. The first-order valence-electron chi connectivity index (χ1n) is 6.98. The summed E-state index contributed by atoms with van der Waals surface area (Å²) in [5.41, 5.74) is 0. The number of rotatable bonds is 11. The topological polar surface area (TPSA) is 26.3 Å². The molecular formula is C15H28O2. The van der Waals surface area contributed by atoms with E-state index in [9.17, 15) is 4.79 Å². The number of esters is 1. The highest BCUT2D eigenvalue weighted by Crippen LogP contribution is 2.13. The Hall–Kier alpha value is -0.790. The summed E-state index contributed by atoms with van der Waals surface area (Å²) in [5.74, 6) is -0.181. The van der Waals surface area contributed by atoms with Gasteiger partial charge in [0.2, 0.25) is 0 Å². The SMILES string of the molecule is C=CCC(CCCCCCCCC)OC(C)=O. The van der Waals surface area contributed by atoms with Gasteiger partial charge in [-0.25, -0.2) is 0 Å². The van der Waals surface area contributed by atoms with Crippen LogP contribution in [0.15, 0.2) is 12.7 Å². The van der Waals surface area contributed by atoms with Crippen molar-refractivity contribution in [1.82, 2.24) is 0 Å². The average molecular weight is 240 g/mol. The maximum atomic E-state index is 10.9.